The predicted octanol–water partition coefficient (Wildman–Crippen LogP) is 2.31. The van der Waals surface area contributed by atoms with Gasteiger partial charge in [0.1, 0.15) is 5.84 Å². The molecule has 0 atom stereocenters. The van der Waals surface area contributed by atoms with Crippen molar-refractivity contribution in [1.29, 1.82) is 0 Å². The third-order valence-corrected chi connectivity index (χ3v) is 3.11. The third kappa shape index (κ3) is 1.81. The summed E-state index contributed by atoms with van der Waals surface area (Å²) < 4.78 is 0. The molecule has 5 heteroatoms. The smallest absolute Gasteiger partial charge is 0.311 e. The number of hydrogen-bond donors (Lipinski definition) is 1. The van der Waals surface area contributed by atoms with Gasteiger partial charge in [0.25, 0.3) is 0 Å². The van der Waals surface area contributed by atoms with Crippen LogP contribution in [0.1, 0.15) is 4.88 Å². The number of nitrogens with two attached hydrogens (primary N) is 1. The number of aliphatic imine (C=N–C) groups is 1. The molecule has 0 aromatic carbocycles. The average Bonchev–Trinajstić information content (AvgIpc) is 2.63. The summed E-state index contributed by atoms with van der Waals surface area (Å²) in [5.74, 6) is 0.323. The maximum absolute atomic E-state index is 10.9. The zero-order valence-electron chi connectivity index (χ0n) is 6.56. The highest BCUT2D eigenvalue weighted by molar-refractivity contribution is 8.18. The van der Waals surface area contributed by atoms with Crippen molar-refractivity contribution >= 4 is 40.2 Å². The number of carbonyl (C=O) groups is 1. The normalized spacial score (nSPS) is 19.5. The Morgan fingerprint density at radius 1 is 1.54 bits per heavy atom. The van der Waals surface area contributed by atoms with Gasteiger partial charge in [0.2, 0.25) is 0 Å². The molecule has 2 heterocycles. The van der Waals surface area contributed by atoms with Gasteiger partial charge in [0, 0.05) is 4.88 Å². The summed E-state index contributed by atoms with van der Waals surface area (Å²) >= 11 is 2.67. The summed E-state index contributed by atoms with van der Waals surface area (Å²) in [6, 6.07) is 3.92. The Bertz CT molecular complexity index is 392. The number of amidine groups is 1. The molecule has 0 unspecified atom stereocenters. The van der Waals surface area contributed by atoms with Gasteiger partial charge in [0.05, 0.1) is 4.91 Å². The summed E-state index contributed by atoms with van der Waals surface area (Å²) in [6.07, 6.45) is 1.87. The Hall–Kier alpha value is -1.07. The van der Waals surface area contributed by atoms with E-state index >= 15 is 0 Å². The molecule has 13 heavy (non-hydrogen) atoms. The van der Waals surface area contributed by atoms with E-state index in [9.17, 15) is 4.79 Å². The fraction of sp³-hybridized carbons (Fsp3) is 0. The summed E-state index contributed by atoms with van der Waals surface area (Å²) in [4.78, 5) is 16.3. The molecule has 2 N–H and O–H groups in total. The fourth-order valence-corrected chi connectivity index (χ4v) is 2.33. The van der Waals surface area contributed by atoms with E-state index < -0.39 is 0 Å². The van der Waals surface area contributed by atoms with Crippen LogP contribution in [-0.2, 0) is 0 Å². The first-order valence-electron chi connectivity index (χ1n) is 3.57. The van der Waals surface area contributed by atoms with Crippen LogP contribution >= 0.6 is 23.1 Å². The quantitative estimate of drug-likeness (QED) is 0.773. The summed E-state index contributed by atoms with van der Waals surface area (Å²) in [5, 5.41) is 1.74. The van der Waals surface area contributed by atoms with Crippen LogP contribution in [0.2, 0.25) is 0 Å². The van der Waals surface area contributed by atoms with Crippen molar-refractivity contribution in [3.05, 3.63) is 27.3 Å². The number of rotatable bonds is 1. The maximum atomic E-state index is 10.9. The third-order valence-electron chi connectivity index (χ3n) is 1.48. The van der Waals surface area contributed by atoms with E-state index in [0.29, 0.717) is 5.84 Å². The molecule has 0 radical (unpaired) electrons. The van der Waals surface area contributed by atoms with E-state index in [1.54, 1.807) is 11.3 Å². The highest BCUT2D eigenvalue weighted by Gasteiger charge is 2.18. The Morgan fingerprint density at radius 3 is 2.92 bits per heavy atom. The molecule has 2 rings (SSSR count). The topological polar surface area (TPSA) is 55.4 Å². The largest absolute Gasteiger partial charge is 0.383 e. The van der Waals surface area contributed by atoms with Gasteiger partial charge >= 0.3 is 5.24 Å². The summed E-state index contributed by atoms with van der Waals surface area (Å²) in [5.41, 5.74) is 5.53. The Kier molecular flexibility index (Phi) is 2.20. The Morgan fingerprint density at radius 2 is 2.38 bits per heavy atom. The molecular formula is C8H6N2OS2. The van der Waals surface area contributed by atoms with Crippen LogP contribution in [0.4, 0.5) is 4.79 Å². The molecule has 0 saturated carbocycles. The average molecular weight is 210 g/mol. The molecule has 3 nitrogen and oxygen atoms in total. The lowest BCUT2D eigenvalue weighted by molar-refractivity contribution is 0.268. The zero-order chi connectivity index (χ0) is 9.26. The minimum absolute atomic E-state index is 0.236. The number of thioether (sulfide) groups is 1. The molecule has 0 spiro atoms. The first-order valence-corrected chi connectivity index (χ1v) is 5.27. The molecule has 0 fully saturated rings. The van der Waals surface area contributed by atoms with Crippen LogP contribution in [0.5, 0.6) is 0 Å². The number of amides is 1. The Balaban J connectivity index is 2.29. The zero-order valence-corrected chi connectivity index (χ0v) is 8.19. The van der Waals surface area contributed by atoms with Crippen LogP contribution in [0, 0.1) is 0 Å². The van der Waals surface area contributed by atoms with Crippen LogP contribution < -0.4 is 5.73 Å². The van der Waals surface area contributed by atoms with Crippen LogP contribution in [0.15, 0.2) is 27.4 Å². The van der Waals surface area contributed by atoms with Gasteiger partial charge < -0.3 is 5.73 Å². The number of nitrogens with zero attached hydrogens (tertiary/aromatic N) is 1. The fourth-order valence-electron chi connectivity index (χ4n) is 0.929. The molecule has 1 amide bonds. The van der Waals surface area contributed by atoms with Gasteiger partial charge in [-0.15, -0.1) is 11.3 Å². The Labute approximate surface area is 83.4 Å². The van der Waals surface area contributed by atoms with E-state index in [-0.39, 0.29) is 5.24 Å². The minimum atomic E-state index is -0.236. The second-order valence-corrected chi connectivity index (χ2v) is 4.36. The van der Waals surface area contributed by atoms with Crippen molar-refractivity contribution in [3.63, 3.8) is 0 Å². The van der Waals surface area contributed by atoms with E-state index in [1.807, 2.05) is 23.6 Å². The SMILES string of the molecule is NC1=NC(=O)SC1=Cc1cccs1. The van der Waals surface area contributed by atoms with Gasteiger partial charge in [-0.25, -0.2) is 0 Å². The highest BCUT2D eigenvalue weighted by atomic mass is 32.2. The van der Waals surface area contributed by atoms with Gasteiger partial charge in [-0.3, -0.25) is 4.79 Å². The molecule has 1 aliphatic heterocycles. The van der Waals surface area contributed by atoms with E-state index in [0.717, 1.165) is 21.5 Å². The summed E-state index contributed by atoms with van der Waals surface area (Å²) in [7, 11) is 0. The lowest BCUT2D eigenvalue weighted by Crippen LogP contribution is -2.08. The highest BCUT2D eigenvalue weighted by Crippen LogP contribution is 2.28. The van der Waals surface area contributed by atoms with Crippen molar-refractivity contribution in [2.45, 2.75) is 0 Å². The molecule has 0 bridgehead atoms. The lowest BCUT2D eigenvalue weighted by Gasteiger charge is -1.91. The van der Waals surface area contributed by atoms with Gasteiger partial charge in [-0.05, 0) is 29.3 Å². The van der Waals surface area contributed by atoms with Crippen LogP contribution in [0.3, 0.4) is 0 Å². The molecule has 1 aromatic rings. The first-order chi connectivity index (χ1) is 6.25. The monoisotopic (exact) mass is 210 g/mol. The number of hydrogen-bond acceptors (Lipinski definition) is 4. The molecule has 66 valence electrons. The second kappa shape index (κ2) is 3.35. The maximum Gasteiger partial charge on any atom is 0.311 e. The summed E-state index contributed by atoms with van der Waals surface area (Å²) in [6.45, 7) is 0. The van der Waals surface area contributed by atoms with E-state index in [1.165, 1.54) is 0 Å². The van der Waals surface area contributed by atoms with Crippen LogP contribution in [-0.4, -0.2) is 11.1 Å². The molecular weight excluding hydrogens is 204 g/mol. The lowest BCUT2D eigenvalue weighted by atomic mass is 10.4. The van der Waals surface area contributed by atoms with Gasteiger partial charge in [-0.1, -0.05) is 6.07 Å². The van der Waals surface area contributed by atoms with Crippen molar-refractivity contribution in [3.8, 4) is 0 Å². The minimum Gasteiger partial charge on any atom is -0.383 e. The van der Waals surface area contributed by atoms with Crippen molar-refractivity contribution < 1.29 is 4.79 Å². The van der Waals surface area contributed by atoms with Gasteiger partial charge in [-0.2, -0.15) is 4.99 Å². The molecule has 0 saturated heterocycles. The van der Waals surface area contributed by atoms with E-state index in [4.69, 9.17) is 5.73 Å². The standard InChI is InChI=1S/C8H6N2OS2/c9-7-6(13-8(11)10-7)4-5-2-1-3-12-5/h1-4H,(H2,9,10,11). The van der Waals surface area contributed by atoms with Crippen molar-refractivity contribution in [1.82, 2.24) is 0 Å². The molecule has 1 aromatic heterocycles. The number of carbonyl (C=O) groups excluding carboxylic acids is 1. The number of thiophene rings is 1. The van der Waals surface area contributed by atoms with E-state index in [2.05, 4.69) is 4.99 Å². The molecule has 0 aliphatic carbocycles. The van der Waals surface area contributed by atoms with Crippen molar-refractivity contribution in [2.75, 3.05) is 0 Å². The van der Waals surface area contributed by atoms with Crippen LogP contribution in [0.25, 0.3) is 6.08 Å². The first kappa shape index (κ1) is 8.52. The molecule has 1 aliphatic rings. The van der Waals surface area contributed by atoms with Gasteiger partial charge in [0.15, 0.2) is 0 Å². The predicted molar refractivity (Wildman–Crippen MR) is 56.9 cm³/mol. The second-order valence-electron chi connectivity index (χ2n) is 2.39. The van der Waals surface area contributed by atoms with Crippen molar-refractivity contribution in [2.24, 2.45) is 10.7 Å².